The second-order valence-corrected chi connectivity index (χ2v) is 5.69. The Morgan fingerprint density at radius 2 is 1.70 bits per heavy atom. The lowest BCUT2D eigenvalue weighted by atomic mass is 10.1. The number of hydrogen-bond acceptors (Lipinski definition) is 4. The molecular weight excluding hydrogens is 364 g/mol. The van der Waals surface area contributed by atoms with Gasteiger partial charge < -0.3 is 20.5 Å². The molecule has 3 rings (SSSR count). The fourth-order valence-corrected chi connectivity index (χ4v) is 2.74. The SMILES string of the molecule is NC(=O)c1ccccc1NC(=O)c1cc2c(cc1Br)OCCO2. The normalized spacial score (nSPS) is 12.6. The molecule has 0 aliphatic carbocycles. The zero-order valence-electron chi connectivity index (χ0n) is 12.0. The summed E-state index contributed by atoms with van der Waals surface area (Å²) < 4.78 is 11.5. The van der Waals surface area contributed by atoms with Crippen molar-refractivity contribution in [2.24, 2.45) is 5.73 Å². The van der Waals surface area contributed by atoms with Crippen LogP contribution in [0.1, 0.15) is 20.7 Å². The van der Waals surface area contributed by atoms with E-state index in [2.05, 4.69) is 21.2 Å². The first-order chi connectivity index (χ1) is 11.1. The first-order valence-electron chi connectivity index (χ1n) is 6.85. The van der Waals surface area contributed by atoms with E-state index in [0.717, 1.165) is 0 Å². The summed E-state index contributed by atoms with van der Waals surface area (Å²) in [5, 5.41) is 2.69. The number of rotatable bonds is 3. The van der Waals surface area contributed by atoms with Crippen molar-refractivity contribution in [1.82, 2.24) is 0 Å². The molecule has 118 valence electrons. The van der Waals surface area contributed by atoms with Gasteiger partial charge in [0.05, 0.1) is 16.8 Å². The van der Waals surface area contributed by atoms with Crippen molar-refractivity contribution in [2.75, 3.05) is 18.5 Å². The zero-order valence-corrected chi connectivity index (χ0v) is 13.6. The minimum absolute atomic E-state index is 0.245. The van der Waals surface area contributed by atoms with Gasteiger partial charge in [0.15, 0.2) is 11.5 Å². The smallest absolute Gasteiger partial charge is 0.256 e. The third-order valence-corrected chi connectivity index (χ3v) is 3.97. The first-order valence-corrected chi connectivity index (χ1v) is 7.65. The minimum atomic E-state index is -0.609. The van der Waals surface area contributed by atoms with Crippen molar-refractivity contribution >= 4 is 33.4 Å². The van der Waals surface area contributed by atoms with Crippen molar-refractivity contribution in [2.45, 2.75) is 0 Å². The summed E-state index contributed by atoms with van der Waals surface area (Å²) in [5.41, 5.74) is 6.28. The van der Waals surface area contributed by atoms with Crippen LogP contribution >= 0.6 is 15.9 Å². The maximum Gasteiger partial charge on any atom is 0.256 e. The number of nitrogens with two attached hydrogens (primary N) is 1. The van der Waals surface area contributed by atoms with Crippen molar-refractivity contribution in [3.8, 4) is 11.5 Å². The molecule has 1 aliphatic rings. The fourth-order valence-electron chi connectivity index (χ4n) is 2.23. The molecule has 6 nitrogen and oxygen atoms in total. The largest absolute Gasteiger partial charge is 0.486 e. The van der Waals surface area contributed by atoms with Crippen molar-refractivity contribution in [3.63, 3.8) is 0 Å². The Bertz CT molecular complexity index is 792. The van der Waals surface area contributed by atoms with Crippen LogP contribution in [-0.2, 0) is 0 Å². The van der Waals surface area contributed by atoms with E-state index in [4.69, 9.17) is 15.2 Å². The average Bonchev–Trinajstić information content (AvgIpc) is 2.54. The third-order valence-electron chi connectivity index (χ3n) is 3.32. The highest BCUT2D eigenvalue weighted by atomic mass is 79.9. The molecule has 2 aromatic carbocycles. The quantitative estimate of drug-likeness (QED) is 0.860. The predicted octanol–water partition coefficient (Wildman–Crippen LogP) is 2.57. The van der Waals surface area contributed by atoms with Gasteiger partial charge in [0, 0.05) is 4.47 Å². The molecule has 2 aromatic rings. The molecule has 0 fully saturated rings. The van der Waals surface area contributed by atoms with Gasteiger partial charge >= 0.3 is 0 Å². The summed E-state index contributed by atoms with van der Waals surface area (Å²) in [6.07, 6.45) is 0. The molecule has 1 heterocycles. The number of ether oxygens (including phenoxy) is 2. The Kier molecular flexibility index (Phi) is 4.20. The molecule has 0 unspecified atom stereocenters. The molecule has 0 radical (unpaired) electrons. The van der Waals surface area contributed by atoms with E-state index < -0.39 is 5.91 Å². The Hall–Kier alpha value is -2.54. The molecule has 0 atom stereocenters. The van der Waals surface area contributed by atoms with Crippen molar-refractivity contribution in [3.05, 3.63) is 52.0 Å². The van der Waals surface area contributed by atoms with Crippen LogP contribution < -0.4 is 20.5 Å². The van der Waals surface area contributed by atoms with Crippen LogP contribution in [0.15, 0.2) is 40.9 Å². The Balaban J connectivity index is 1.91. The van der Waals surface area contributed by atoms with Crippen LogP contribution in [0, 0.1) is 0 Å². The highest BCUT2D eigenvalue weighted by Crippen LogP contribution is 2.35. The summed E-state index contributed by atoms with van der Waals surface area (Å²) in [6, 6.07) is 9.83. The van der Waals surface area contributed by atoms with Gasteiger partial charge in [-0.05, 0) is 40.2 Å². The average molecular weight is 377 g/mol. The number of hydrogen-bond donors (Lipinski definition) is 2. The maximum absolute atomic E-state index is 12.5. The lowest BCUT2D eigenvalue weighted by molar-refractivity contribution is 0.100. The maximum atomic E-state index is 12.5. The third kappa shape index (κ3) is 3.14. The second-order valence-electron chi connectivity index (χ2n) is 4.84. The first kappa shape index (κ1) is 15.4. The Morgan fingerprint density at radius 1 is 1.04 bits per heavy atom. The fraction of sp³-hybridized carbons (Fsp3) is 0.125. The van der Waals surface area contributed by atoms with Crippen LogP contribution in [0.25, 0.3) is 0 Å². The van der Waals surface area contributed by atoms with E-state index in [0.29, 0.717) is 40.4 Å². The number of halogens is 1. The number of benzene rings is 2. The van der Waals surface area contributed by atoms with Gasteiger partial charge in [-0.25, -0.2) is 0 Å². The number of amides is 2. The summed E-state index contributed by atoms with van der Waals surface area (Å²) >= 11 is 3.35. The molecule has 0 saturated carbocycles. The number of nitrogens with one attached hydrogen (secondary N) is 1. The highest BCUT2D eigenvalue weighted by Gasteiger charge is 2.20. The summed E-state index contributed by atoms with van der Waals surface area (Å²) in [4.78, 5) is 23.9. The monoisotopic (exact) mass is 376 g/mol. The van der Waals surface area contributed by atoms with E-state index in [-0.39, 0.29) is 11.5 Å². The second kappa shape index (κ2) is 6.29. The molecule has 7 heteroatoms. The van der Waals surface area contributed by atoms with E-state index in [9.17, 15) is 9.59 Å². The van der Waals surface area contributed by atoms with E-state index in [1.54, 1.807) is 36.4 Å². The van der Waals surface area contributed by atoms with Crippen LogP contribution in [-0.4, -0.2) is 25.0 Å². The van der Waals surface area contributed by atoms with Gasteiger partial charge in [0.2, 0.25) is 0 Å². The van der Waals surface area contributed by atoms with Crippen molar-refractivity contribution in [1.29, 1.82) is 0 Å². The van der Waals surface area contributed by atoms with Gasteiger partial charge in [-0.15, -0.1) is 0 Å². The molecule has 0 bridgehead atoms. The molecule has 3 N–H and O–H groups in total. The van der Waals surface area contributed by atoms with E-state index >= 15 is 0 Å². The van der Waals surface area contributed by atoms with Crippen molar-refractivity contribution < 1.29 is 19.1 Å². The molecule has 2 amide bonds. The lowest BCUT2D eigenvalue weighted by Crippen LogP contribution is -2.20. The number of primary amides is 1. The lowest BCUT2D eigenvalue weighted by Gasteiger charge is -2.19. The minimum Gasteiger partial charge on any atom is -0.486 e. The number of anilines is 1. The van der Waals surface area contributed by atoms with Crippen LogP contribution in [0.3, 0.4) is 0 Å². The summed E-state index contributed by atoms with van der Waals surface area (Å²) in [6.45, 7) is 0.900. The molecule has 1 aliphatic heterocycles. The number of fused-ring (bicyclic) bond motifs is 1. The summed E-state index contributed by atoms with van der Waals surface area (Å²) in [5.74, 6) is 0.0923. The number of para-hydroxylation sites is 1. The van der Waals surface area contributed by atoms with Gasteiger partial charge in [-0.1, -0.05) is 12.1 Å². The molecular formula is C16H13BrN2O4. The van der Waals surface area contributed by atoms with Crippen LogP contribution in [0.5, 0.6) is 11.5 Å². The van der Waals surface area contributed by atoms with Crippen LogP contribution in [0.2, 0.25) is 0 Å². The standard InChI is InChI=1S/C16H13BrN2O4/c17-11-8-14-13(22-5-6-23-14)7-10(11)16(21)19-12-4-2-1-3-9(12)15(18)20/h1-4,7-8H,5-6H2,(H2,18,20)(H,19,21). The van der Waals surface area contributed by atoms with E-state index in [1.165, 1.54) is 0 Å². The number of carbonyl (C=O) groups is 2. The van der Waals surface area contributed by atoms with Gasteiger partial charge in [-0.2, -0.15) is 0 Å². The van der Waals surface area contributed by atoms with Crippen LogP contribution in [0.4, 0.5) is 5.69 Å². The van der Waals surface area contributed by atoms with E-state index in [1.807, 2.05) is 0 Å². The zero-order chi connectivity index (χ0) is 16.4. The number of carbonyl (C=O) groups excluding carboxylic acids is 2. The molecule has 0 spiro atoms. The van der Waals surface area contributed by atoms with Gasteiger partial charge in [-0.3, -0.25) is 9.59 Å². The Labute approximate surface area is 140 Å². The predicted molar refractivity (Wildman–Crippen MR) is 88.0 cm³/mol. The molecule has 0 saturated heterocycles. The molecule has 0 aromatic heterocycles. The molecule has 23 heavy (non-hydrogen) atoms. The Morgan fingerprint density at radius 3 is 2.39 bits per heavy atom. The van der Waals surface area contributed by atoms with Gasteiger partial charge in [0.25, 0.3) is 11.8 Å². The summed E-state index contributed by atoms with van der Waals surface area (Å²) in [7, 11) is 0. The topological polar surface area (TPSA) is 90.7 Å². The highest BCUT2D eigenvalue weighted by molar-refractivity contribution is 9.10. The van der Waals surface area contributed by atoms with Gasteiger partial charge in [0.1, 0.15) is 13.2 Å².